The first-order valence-corrected chi connectivity index (χ1v) is 9.78. The Morgan fingerprint density at radius 3 is 2.52 bits per heavy atom. The van der Waals surface area contributed by atoms with E-state index >= 15 is 0 Å². The second kappa shape index (κ2) is 6.93. The molecule has 2 aromatic rings. The average molecular weight is 367 g/mol. The fourth-order valence-corrected chi connectivity index (χ4v) is 5.35. The van der Waals surface area contributed by atoms with Crippen molar-refractivity contribution in [2.24, 2.45) is 11.8 Å². The van der Waals surface area contributed by atoms with E-state index in [1.54, 1.807) is 7.11 Å². The smallest absolute Gasteiger partial charge is 0.122 e. The van der Waals surface area contributed by atoms with Gasteiger partial charge in [0.1, 0.15) is 5.75 Å². The Hall–Kier alpha value is -1.88. The third kappa shape index (κ3) is 2.78. The number of likely N-dealkylation sites (tertiary alicyclic amines) is 1. The molecule has 0 bridgehead atoms. The standard InChI is InChI=1S/C23H30N2O2/c1-15-16(2)21(27-4)11-10-18(15)22-19-12-25(3)13-20(19)23(14-26,24-22)17-8-6-5-7-9-17/h5-11,19-20,22,24,26H,12-14H2,1-4H3/t19-,20+,22-,23-/m0/s1. The van der Waals surface area contributed by atoms with Crippen LogP contribution in [0.15, 0.2) is 42.5 Å². The molecule has 0 aliphatic carbocycles. The Morgan fingerprint density at radius 2 is 1.85 bits per heavy atom. The molecule has 4 heteroatoms. The topological polar surface area (TPSA) is 44.7 Å². The quantitative estimate of drug-likeness (QED) is 0.873. The molecular formula is C23H30N2O2. The van der Waals surface area contributed by atoms with Gasteiger partial charge in [0.15, 0.2) is 0 Å². The van der Waals surface area contributed by atoms with E-state index < -0.39 is 5.54 Å². The molecule has 4 nitrogen and oxygen atoms in total. The van der Waals surface area contributed by atoms with E-state index in [9.17, 15) is 5.11 Å². The van der Waals surface area contributed by atoms with Crippen molar-refractivity contribution in [2.75, 3.05) is 33.9 Å². The third-order valence-corrected chi connectivity index (χ3v) is 6.89. The van der Waals surface area contributed by atoms with Crippen molar-refractivity contribution in [1.82, 2.24) is 10.2 Å². The van der Waals surface area contributed by atoms with Crippen molar-refractivity contribution >= 4 is 0 Å². The van der Waals surface area contributed by atoms with Crippen molar-refractivity contribution in [1.29, 1.82) is 0 Å². The molecule has 2 heterocycles. The molecule has 2 saturated heterocycles. The first-order chi connectivity index (χ1) is 13.0. The first kappa shape index (κ1) is 18.5. The van der Waals surface area contributed by atoms with E-state index in [0.717, 1.165) is 18.8 Å². The normalized spacial score (nSPS) is 30.5. The van der Waals surface area contributed by atoms with E-state index in [1.165, 1.54) is 22.3 Å². The van der Waals surface area contributed by atoms with E-state index in [0.29, 0.717) is 11.8 Å². The minimum Gasteiger partial charge on any atom is -0.496 e. The van der Waals surface area contributed by atoms with Crippen molar-refractivity contribution in [3.8, 4) is 5.75 Å². The number of hydrogen-bond acceptors (Lipinski definition) is 4. The van der Waals surface area contributed by atoms with Crippen LogP contribution in [0.25, 0.3) is 0 Å². The molecule has 0 radical (unpaired) electrons. The summed E-state index contributed by atoms with van der Waals surface area (Å²) in [6.45, 7) is 6.46. The zero-order chi connectivity index (χ0) is 19.2. The summed E-state index contributed by atoms with van der Waals surface area (Å²) in [5.41, 5.74) is 4.58. The number of nitrogens with one attached hydrogen (secondary N) is 1. The molecule has 2 aromatic carbocycles. The lowest BCUT2D eigenvalue weighted by Gasteiger charge is -2.35. The number of ether oxygens (including phenoxy) is 1. The Balaban J connectivity index is 1.81. The van der Waals surface area contributed by atoms with Crippen molar-refractivity contribution < 1.29 is 9.84 Å². The van der Waals surface area contributed by atoms with Crippen molar-refractivity contribution in [2.45, 2.75) is 25.4 Å². The number of aliphatic hydroxyl groups excluding tert-OH is 1. The van der Waals surface area contributed by atoms with Gasteiger partial charge in [0.2, 0.25) is 0 Å². The van der Waals surface area contributed by atoms with Gasteiger partial charge in [-0.2, -0.15) is 0 Å². The van der Waals surface area contributed by atoms with Crippen LogP contribution < -0.4 is 10.1 Å². The highest BCUT2D eigenvalue weighted by molar-refractivity contribution is 5.46. The van der Waals surface area contributed by atoms with Gasteiger partial charge in [0.05, 0.1) is 19.3 Å². The lowest BCUT2D eigenvalue weighted by molar-refractivity contribution is 0.129. The van der Waals surface area contributed by atoms with Gasteiger partial charge in [-0.1, -0.05) is 36.4 Å². The maximum absolute atomic E-state index is 10.6. The summed E-state index contributed by atoms with van der Waals surface area (Å²) in [5, 5.41) is 14.5. The zero-order valence-electron chi connectivity index (χ0n) is 16.7. The molecule has 4 rings (SSSR count). The molecule has 4 atom stereocenters. The molecule has 0 aromatic heterocycles. The molecule has 0 amide bonds. The van der Waals surface area contributed by atoms with Gasteiger partial charge in [0, 0.05) is 25.0 Å². The largest absolute Gasteiger partial charge is 0.496 e. The van der Waals surface area contributed by atoms with Gasteiger partial charge < -0.3 is 14.7 Å². The van der Waals surface area contributed by atoms with E-state index in [4.69, 9.17) is 4.74 Å². The molecule has 0 unspecified atom stereocenters. The van der Waals surface area contributed by atoms with E-state index in [1.807, 2.05) is 6.07 Å². The van der Waals surface area contributed by atoms with Gasteiger partial charge in [-0.3, -0.25) is 5.32 Å². The van der Waals surface area contributed by atoms with Crippen molar-refractivity contribution in [3.63, 3.8) is 0 Å². The third-order valence-electron chi connectivity index (χ3n) is 6.89. The summed E-state index contributed by atoms with van der Waals surface area (Å²) in [6, 6.07) is 15.0. The van der Waals surface area contributed by atoms with Crippen LogP contribution in [-0.4, -0.2) is 43.9 Å². The van der Waals surface area contributed by atoms with Crippen LogP contribution in [0.2, 0.25) is 0 Å². The fourth-order valence-electron chi connectivity index (χ4n) is 5.35. The molecule has 2 aliphatic rings. The summed E-state index contributed by atoms with van der Waals surface area (Å²) >= 11 is 0. The van der Waals surface area contributed by atoms with Crippen molar-refractivity contribution in [3.05, 3.63) is 64.7 Å². The summed E-state index contributed by atoms with van der Waals surface area (Å²) in [5.74, 6) is 1.78. The summed E-state index contributed by atoms with van der Waals surface area (Å²) in [6.07, 6.45) is 0. The number of aliphatic hydroxyl groups is 1. The highest BCUT2D eigenvalue weighted by Gasteiger charge is 2.57. The average Bonchev–Trinajstić information content (AvgIpc) is 3.21. The highest BCUT2D eigenvalue weighted by atomic mass is 16.5. The summed E-state index contributed by atoms with van der Waals surface area (Å²) in [4.78, 5) is 2.40. The van der Waals surface area contributed by atoms with Crippen LogP contribution in [0.5, 0.6) is 5.75 Å². The van der Waals surface area contributed by atoms with Gasteiger partial charge >= 0.3 is 0 Å². The second-order valence-electron chi connectivity index (χ2n) is 8.22. The SMILES string of the molecule is COc1ccc([C@@H]2N[C@@](CO)(c3ccccc3)[C@@H]3CN(C)C[C@@H]32)c(C)c1C. The number of nitrogens with zero attached hydrogens (tertiary/aromatic N) is 1. The van der Waals surface area contributed by atoms with Crippen LogP contribution in [0.1, 0.15) is 28.3 Å². The maximum Gasteiger partial charge on any atom is 0.122 e. The predicted octanol–water partition coefficient (Wildman–Crippen LogP) is 3.02. The Labute approximate surface area is 162 Å². The number of benzene rings is 2. The van der Waals surface area contributed by atoms with Crippen LogP contribution in [0.3, 0.4) is 0 Å². The predicted molar refractivity (Wildman–Crippen MR) is 108 cm³/mol. The second-order valence-corrected chi connectivity index (χ2v) is 8.22. The van der Waals surface area contributed by atoms with E-state index in [2.05, 4.69) is 67.5 Å². The Kier molecular flexibility index (Phi) is 4.75. The van der Waals surface area contributed by atoms with E-state index in [-0.39, 0.29) is 12.6 Å². The highest BCUT2D eigenvalue weighted by Crippen LogP contribution is 2.52. The fraction of sp³-hybridized carbons (Fsp3) is 0.478. The van der Waals surface area contributed by atoms with Crippen LogP contribution >= 0.6 is 0 Å². The molecule has 144 valence electrons. The van der Waals surface area contributed by atoms with Gasteiger partial charge in [-0.05, 0) is 55.1 Å². The molecule has 2 fully saturated rings. The number of methoxy groups -OCH3 is 1. The van der Waals surface area contributed by atoms with Crippen LogP contribution in [-0.2, 0) is 5.54 Å². The minimum atomic E-state index is -0.401. The molecule has 2 aliphatic heterocycles. The Morgan fingerprint density at radius 1 is 1.11 bits per heavy atom. The number of rotatable bonds is 4. The molecule has 27 heavy (non-hydrogen) atoms. The molecular weight excluding hydrogens is 336 g/mol. The number of hydrogen-bond donors (Lipinski definition) is 2. The van der Waals surface area contributed by atoms with Gasteiger partial charge in [-0.25, -0.2) is 0 Å². The zero-order valence-corrected chi connectivity index (χ0v) is 16.7. The first-order valence-electron chi connectivity index (χ1n) is 9.78. The lowest BCUT2D eigenvalue weighted by atomic mass is 9.76. The summed E-state index contributed by atoms with van der Waals surface area (Å²) < 4.78 is 5.51. The van der Waals surface area contributed by atoms with Crippen LogP contribution in [0, 0.1) is 25.7 Å². The molecule has 0 saturated carbocycles. The summed E-state index contributed by atoms with van der Waals surface area (Å²) in [7, 11) is 3.91. The maximum atomic E-state index is 10.6. The molecule has 0 spiro atoms. The number of fused-ring (bicyclic) bond motifs is 1. The van der Waals surface area contributed by atoms with Gasteiger partial charge in [-0.15, -0.1) is 0 Å². The monoisotopic (exact) mass is 366 g/mol. The minimum absolute atomic E-state index is 0.108. The van der Waals surface area contributed by atoms with Gasteiger partial charge in [0.25, 0.3) is 0 Å². The lowest BCUT2D eigenvalue weighted by Crippen LogP contribution is -2.47. The van der Waals surface area contributed by atoms with Crippen LogP contribution in [0.4, 0.5) is 0 Å². The molecule has 2 N–H and O–H groups in total. The Bertz CT molecular complexity index is 823.